The predicted molar refractivity (Wildman–Crippen MR) is 80.8 cm³/mol. The molecule has 2 nitrogen and oxygen atoms in total. The third kappa shape index (κ3) is 2.81. The molecule has 20 heavy (non-hydrogen) atoms. The SMILES string of the molecule is C.Cc1sc2[n+](c1C)C=C(c1ccccc1)OC2C.[Br-]. The number of aromatic nitrogens is 1. The molecule has 4 heteroatoms. The van der Waals surface area contributed by atoms with Gasteiger partial charge in [-0.15, -0.1) is 0 Å². The molecule has 1 aromatic carbocycles. The third-order valence-electron chi connectivity index (χ3n) is 3.32. The Morgan fingerprint density at radius 3 is 2.45 bits per heavy atom. The molecule has 1 atom stereocenters. The molecule has 1 aliphatic heterocycles. The molecule has 0 radical (unpaired) electrons. The molecule has 0 saturated carbocycles. The van der Waals surface area contributed by atoms with E-state index >= 15 is 0 Å². The van der Waals surface area contributed by atoms with Gasteiger partial charge >= 0.3 is 0 Å². The second-order valence-electron chi connectivity index (χ2n) is 4.57. The van der Waals surface area contributed by atoms with Crippen LogP contribution in [0.2, 0.25) is 0 Å². The molecule has 0 bridgehead atoms. The van der Waals surface area contributed by atoms with Gasteiger partial charge in [0.1, 0.15) is 0 Å². The van der Waals surface area contributed by atoms with Crippen molar-refractivity contribution in [3.05, 3.63) is 51.5 Å². The first-order valence-electron chi connectivity index (χ1n) is 6.12. The van der Waals surface area contributed by atoms with E-state index in [0.29, 0.717) is 0 Å². The van der Waals surface area contributed by atoms with E-state index in [2.05, 4.69) is 43.7 Å². The minimum atomic E-state index is 0. The highest BCUT2D eigenvalue weighted by Gasteiger charge is 2.32. The third-order valence-corrected chi connectivity index (χ3v) is 4.66. The number of hydrogen-bond donors (Lipinski definition) is 0. The van der Waals surface area contributed by atoms with Gasteiger partial charge in [0.2, 0.25) is 6.20 Å². The van der Waals surface area contributed by atoms with Crippen molar-refractivity contribution in [3.8, 4) is 0 Å². The lowest BCUT2D eigenvalue weighted by atomic mass is 10.2. The van der Waals surface area contributed by atoms with Crippen LogP contribution in [-0.4, -0.2) is 0 Å². The van der Waals surface area contributed by atoms with Crippen LogP contribution in [0.5, 0.6) is 0 Å². The standard InChI is InChI=1S/C15H16NOS.CH4.BrH/c1-10-12(3)18-15-11(2)17-14(9-16(10)15)13-7-5-4-6-8-13;;/h4-9,11H,1-3H3;1H4;1H/q+1;;/p-1. The fourth-order valence-corrected chi connectivity index (χ4v) is 3.25. The van der Waals surface area contributed by atoms with Crippen molar-refractivity contribution in [2.75, 3.05) is 0 Å². The average Bonchev–Trinajstić information content (AvgIpc) is 2.68. The highest BCUT2D eigenvalue weighted by molar-refractivity contribution is 7.11. The van der Waals surface area contributed by atoms with Gasteiger partial charge in [-0.25, -0.2) is 0 Å². The number of ether oxygens (including phenoxy) is 1. The van der Waals surface area contributed by atoms with E-state index in [1.165, 1.54) is 15.6 Å². The van der Waals surface area contributed by atoms with Gasteiger partial charge in [0.15, 0.2) is 17.6 Å². The summed E-state index contributed by atoms with van der Waals surface area (Å²) in [5.74, 6) is 0.946. The fraction of sp³-hybridized carbons (Fsp3) is 0.312. The van der Waals surface area contributed by atoms with Gasteiger partial charge < -0.3 is 21.7 Å². The van der Waals surface area contributed by atoms with E-state index in [4.69, 9.17) is 4.74 Å². The van der Waals surface area contributed by atoms with Gasteiger partial charge in [0.25, 0.3) is 5.01 Å². The smallest absolute Gasteiger partial charge is 0.284 e. The maximum atomic E-state index is 6.02. The Bertz CT molecular complexity index is 619. The van der Waals surface area contributed by atoms with Gasteiger partial charge in [-0.3, -0.25) is 0 Å². The zero-order chi connectivity index (χ0) is 12.7. The Labute approximate surface area is 135 Å². The number of benzene rings is 1. The molecule has 108 valence electrons. The van der Waals surface area contributed by atoms with E-state index in [9.17, 15) is 0 Å². The quantitative estimate of drug-likeness (QED) is 0.705. The van der Waals surface area contributed by atoms with Gasteiger partial charge in [-0.2, -0.15) is 4.57 Å². The minimum Gasteiger partial charge on any atom is -1.00 e. The second-order valence-corrected chi connectivity index (χ2v) is 5.81. The monoisotopic (exact) mass is 353 g/mol. The lowest BCUT2D eigenvalue weighted by Gasteiger charge is -2.17. The van der Waals surface area contributed by atoms with Gasteiger partial charge in [-0.05, 0) is 13.8 Å². The summed E-state index contributed by atoms with van der Waals surface area (Å²) < 4.78 is 8.28. The van der Waals surface area contributed by atoms with Crippen molar-refractivity contribution in [3.63, 3.8) is 0 Å². The van der Waals surface area contributed by atoms with Crippen molar-refractivity contribution in [2.45, 2.75) is 34.3 Å². The highest BCUT2D eigenvalue weighted by Crippen LogP contribution is 2.32. The normalized spacial score (nSPS) is 16.1. The van der Waals surface area contributed by atoms with E-state index in [-0.39, 0.29) is 30.5 Å². The van der Waals surface area contributed by atoms with Crippen LogP contribution in [0.15, 0.2) is 30.3 Å². The van der Waals surface area contributed by atoms with Crippen LogP contribution < -0.4 is 21.5 Å². The van der Waals surface area contributed by atoms with Crippen LogP contribution in [0.1, 0.15) is 41.6 Å². The summed E-state index contributed by atoms with van der Waals surface area (Å²) in [5, 5.41) is 1.27. The first kappa shape index (κ1) is 16.9. The summed E-state index contributed by atoms with van der Waals surface area (Å²) in [7, 11) is 0. The molecule has 0 spiro atoms. The summed E-state index contributed by atoms with van der Waals surface area (Å²) in [6, 6.07) is 10.3. The number of hydrogen-bond acceptors (Lipinski definition) is 2. The lowest BCUT2D eigenvalue weighted by molar-refractivity contribution is -0.586. The maximum Gasteiger partial charge on any atom is 0.284 e. The van der Waals surface area contributed by atoms with Crippen LogP contribution in [0.4, 0.5) is 0 Å². The van der Waals surface area contributed by atoms with Crippen molar-refractivity contribution in [1.82, 2.24) is 0 Å². The van der Waals surface area contributed by atoms with Crippen molar-refractivity contribution >= 4 is 23.3 Å². The molecule has 3 rings (SSSR count). The predicted octanol–water partition coefficient (Wildman–Crippen LogP) is 1.34. The van der Waals surface area contributed by atoms with Crippen LogP contribution in [-0.2, 0) is 4.74 Å². The molecule has 2 heterocycles. The Morgan fingerprint density at radius 2 is 1.80 bits per heavy atom. The fourth-order valence-electron chi connectivity index (χ4n) is 2.19. The summed E-state index contributed by atoms with van der Waals surface area (Å²) in [6.07, 6.45) is 2.21. The van der Waals surface area contributed by atoms with E-state index in [1.54, 1.807) is 0 Å². The molecular formula is C16H20BrNOS. The average molecular weight is 354 g/mol. The summed E-state index contributed by atoms with van der Waals surface area (Å²) in [5.41, 5.74) is 2.43. The Hall–Kier alpha value is -1.13. The number of fused-ring (bicyclic) bond motifs is 1. The molecular weight excluding hydrogens is 334 g/mol. The molecule has 0 amide bonds. The number of aryl methyl sites for hydroxylation is 1. The number of halogens is 1. The zero-order valence-corrected chi connectivity index (χ0v) is 13.6. The first-order chi connectivity index (χ1) is 8.66. The highest BCUT2D eigenvalue weighted by atomic mass is 79.9. The number of rotatable bonds is 1. The molecule has 0 saturated heterocycles. The van der Waals surface area contributed by atoms with Crippen molar-refractivity contribution in [1.29, 1.82) is 0 Å². The number of nitrogens with zero attached hydrogens (tertiary/aromatic N) is 1. The first-order valence-corrected chi connectivity index (χ1v) is 6.94. The van der Waals surface area contributed by atoms with Crippen LogP contribution in [0.3, 0.4) is 0 Å². The lowest BCUT2D eigenvalue weighted by Crippen LogP contribution is -3.00. The summed E-state index contributed by atoms with van der Waals surface area (Å²) in [6.45, 7) is 6.43. The Kier molecular flexibility index (Phi) is 5.54. The van der Waals surface area contributed by atoms with Crippen molar-refractivity contribution in [2.24, 2.45) is 0 Å². The van der Waals surface area contributed by atoms with Gasteiger partial charge in [0, 0.05) is 12.5 Å². The molecule has 1 unspecified atom stereocenters. The minimum absolute atomic E-state index is 0. The molecule has 2 aromatic rings. The van der Waals surface area contributed by atoms with Crippen molar-refractivity contribution < 1.29 is 26.3 Å². The van der Waals surface area contributed by atoms with Gasteiger partial charge in [0.05, 0.1) is 4.88 Å². The molecule has 0 aliphatic carbocycles. The molecule has 1 aromatic heterocycles. The molecule has 0 fully saturated rings. The largest absolute Gasteiger partial charge is 1.00 e. The van der Waals surface area contributed by atoms with Crippen LogP contribution in [0.25, 0.3) is 12.0 Å². The van der Waals surface area contributed by atoms with E-state index in [1.807, 2.05) is 29.5 Å². The summed E-state index contributed by atoms with van der Waals surface area (Å²) >= 11 is 1.82. The second kappa shape index (κ2) is 6.55. The van der Waals surface area contributed by atoms with E-state index in [0.717, 1.165) is 11.3 Å². The zero-order valence-electron chi connectivity index (χ0n) is 11.2. The maximum absolute atomic E-state index is 6.02. The van der Waals surface area contributed by atoms with Gasteiger partial charge in [-0.1, -0.05) is 49.1 Å². The summed E-state index contributed by atoms with van der Waals surface area (Å²) in [4.78, 5) is 1.35. The molecule has 0 N–H and O–H groups in total. The molecule has 1 aliphatic rings. The van der Waals surface area contributed by atoms with Crippen LogP contribution in [0, 0.1) is 13.8 Å². The Morgan fingerprint density at radius 1 is 1.15 bits per heavy atom. The van der Waals surface area contributed by atoms with E-state index < -0.39 is 0 Å². The Balaban J connectivity index is 0.000001000. The number of thiazole rings is 1. The topological polar surface area (TPSA) is 13.1 Å². The van der Waals surface area contributed by atoms with Crippen LogP contribution >= 0.6 is 11.3 Å².